The highest BCUT2D eigenvalue weighted by atomic mass is 16.2. The Balaban J connectivity index is 1.70. The third-order valence-electron chi connectivity index (χ3n) is 4.19. The van der Waals surface area contributed by atoms with Gasteiger partial charge in [-0.15, -0.1) is 0 Å². The standard InChI is InChI=1S/C14H22N4O/c1-17-9-8-16-13(17)10-18(12-2-3-12)14(19)11-4-6-15-7-5-11/h8-9,11-12,15H,2-7,10H2,1H3. The lowest BCUT2D eigenvalue weighted by Crippen LogP contribution is -2.42. The van der Waals surface area contributed by atoms with Crippen LogP contribution in [0, 0.1) is 5.92 Å². The Morgan fingerprint density at radius 2 is 2.16 bits per heavy atom. The smallest absolute Gasteiger partial charge is 0.226 e. The van der Waals surface area contributed by atoms with E-state index in [4.69, 9.17) is 0 Å². The SMILES string of the molecule is Cn1ccnc1CN(C(=O)C1CCNCC1)C1CC1. The predicted molar refractivity (Wildman–Crippen MR) is 72.4 cm³/mol. The highest BCUT2D eigenvalue weighted by molar-refractivity contribution is 5.79. The van der Waals surface area contributed by atoms with Gasteiger partial charge in [-0.3, -0.25) is 4.79 Å². The van der Waals surface area contributed by atoms with Crippen molar-refractivity contribution in [2.45, 2.75) is 38.3 Å². The van der Waals surface area contributed by atoms with Gasteiger partial charge in [0.15, 0.2) is 0 Å². The highest BCUT2D eigenvalue weighted by Gasteiger charge is 2.36. The molecule has 104 valence electrons. The minimum absolute atomic E-state index is 0.210. The number of piperidine rings is 1. The number of imidazole rings is 1. The van der Waals surface area contributed by atoms with Gasteiger partial charge in [-0.2, -0.15) is 0 Å². The van der Waals surface area contributed by atoms with E-state index in [1.54, 1.807) is 6.20 Å². The van der Waals surface area contributed by atoms with Crippen LogP contribution in [0.15, 0.2) is 12.4 Å². The van der Waals surface area contributed by atoms with E-state index in [0.29, 0.717) is 18.5 Å². The summed E-state index contributed by atoms with van der Waals surface area (Å²) < 4.78 is 2.01. The molecule has 0 aromatic carbocycles. The van der Waals surface area contributed by atoms with Crippen LogP contribution in [0.3, 0.4) is 0 Å². The average molecular weight is 262 g/mol. The molecule has 0 bridgehead atoms. The topological polar surface area (TPSA) is 50.2 Å². The number of hydrogen-bond acceptors (Lipinski definition) is 3. The van der Waals surface area contributed by atoms with Crippen molar-refractivity contribution < 1.29 is 4.79 Å². The first kappa shape index (κ1) is 12.7. The average Bonchev–Trinajstić information content (AvgIpc) is 3.20. The number of hydrogen-bond donors (Lipinski definition) is 1. The van der Waals surface area contributed by atoms with E-state index in [1.165, 1.54) is 0 Å². The molecule has 0 atom stereocenters. The van der Waals surface area contributed by atoms with E-state index in [-0.39, 0.29) is 5.92 Å². The lowest BCUT2D eigenvalue weighted by Gasteiger charge is -2.29. The van der Waals surface area contributed by atoms with Crippen molar-refractivity contribution in [3.05, 3.63) is 18.2 Å². The van der Waals surface area contributed by atoms with Crippen molar-refractivity contribution in [1.82, 2.24) is 19.8 Å². The monoisotopic (exact) mass is 262 g/mol. The number of nitrogens with one attached hydrogen (secondary N) is 1. The molecule has 0 radical (unpaired) electrons. The fourth-order valence-corrected chi connectivity index (χ4v) is 2.78. The lowest BCUT2D eigenvalue weighted by molar-refractivity contribution is -0.137. The maximum absolute atomic E-state index is 12.7. The van der Waals surface area contributed by atoms with Crippen LogP contribution in [0.4, 0.5) is 0 Å². The summed E-state index contributed by atoms with van der Waals surface area (Å²) in [6, 6.07) is 0.457. The summed E-state index contributed by atoms with van der Waals surface area (Å²) in [7, 11) is 1.99. The molecule has 1 amide bonds. The van der Waals surface area contributed by atoms with Gasteiger partial charge in [0.05, 0.1) is 6.54 Å². The summed E-state index contributed by atoms with van der Waals surface area (Å²) in [5, 5.41) is 3.32. The fraction of sp³-hybridized carbons (Fsp3) is 0.714. The van der Waals surface area contributed by atoms with Gasteiger partial charge >= 0.3 is 0 Å². The number of aromatic nitrogens is 2. The van der Waals surface area contributed by atoms with Crippen LogP contribution in [0.5, 0.6) is 0 Å². The molecule has 19 heavy (non-hydrogen) atoms. The molecule has 2 heterocycles. The Morgan fingerprint density at radius 1 is 1.42 bits per heavy atom. The molecule has 2 fully saturated rings. The number of carbonyl (C=O) groups excluding carboxylic acids is 1. The van der Waals surface area contributed by atoms with E-state index < -0.39 is 0 Å². The second kappa shape index (κ2) is 5.33. The van der Waals surface area contributed by atoms with Crippen LogP contribution in [0.2, 0.25) is 0 Å². The first-order valence-corrected chi connectivity index (χ1v) is 7.23. The summed E-state index contributed by atoms with van der Waals surface area (Å²) in [4.78, 5) is 19.1. The van der Waals surface area contributed by atoms with Crippen LogP contribution in [-0.4, -0.2) is 39.5 Å². The summed E-state index contributed by atoms with van der Waals surface area (Å²) in [5.74, 6) is 1.53. The molecule has 1 saturated heterocycles. The van der Waals surface area contributed by atoms with Crippen molar-refractivity contribution in [3.63, 3.8) is 0 Å². The third kappa shape index (κ3) is 2.81. The first-order chi connectivity index (χ1) is 9.25. The van der Waals surface area contributed by atoms with Crippen LogP contribution in [-0.2, 0) is 18.4 Å². The zero-order chi connectivity index (χ0) is 13.2. The normalized spacial score (nSPS) is 20.5. The van der Waals surface area contributed by atoms with Crippen molar-refractivity contribution >= 4 is 5.91 Å². The van der Waals surface area contributed by atoms with Gasteiger partial charge in [-0.1, -0.05) is 0 Å². The minimum Gasteiger partial charge on any atom is -0.337 e. The summed E-state index contributed by atoms with van der Waals surface area (Å²) in [6.07, 6.45) is 8.00. The van der Waals surface area contributed by atoms with Crippen LogP contribution >= 0.6 is 0 Å². The second-order valence-corrected chi connectivity index (χ2v) is 5.68. The second-order valence-electron chi connectivity index (χ2n) is 5.68. The number of rotatable bonds is 4. The van der Waals surface area contributed by atoms with Crippen molar-refractivity contribution in [2.24, 2.45) is 13.0 Å². The van der Waals surface area contributed by atoms with Crippen molar-refractivity contribution in [1.29, 1.82) is 0 Å². The Labute approximate surface area is 114 Å². The highest BCUT2D eigenvalue weighted by Crippen LogP contribution is 2.30. The van der Waals surface area contributed by atoms with E-state index in [0.717, 1.165) is 44.6 Å². The summed E-state index contributed by atoms with van der Waals surface area (Å²) >= 11 is 0. The first-order valence-electron chi connectivity index (χ1n) is 7.23. The Morgan fingerprint density at radius 3 is 2.74 bits per heavy atom. The maximum Gasteiger partial charge on any atom is 0.226 e. The summed E-state index contributed by atoms with van der Waals surface area (Å²) in [6.45, 7) is 2.60. The minimum atomic E-state index is 0.210. The molecule has 1 aromatic rings. The van der Waals surface area contributed by atoms with Crippen LogP contribution in [0.1, 0.15) is 31.5 Å². The molecular formula is C14H22N4O. The largest absolute Gasteiger partial charge is 0.337 e. The van der Waals surface area contributed by atoms with Crippen LogP contribution in [0.25, 0.3) is 0 Å². The molecule has 0 spiro atoms. The lowest BCUT2D eigenvalue weighted by atomic mass is 9.96. The molecule has 1 saturated carbocycles. The zero-order valence-electron chi connectivity index (χ0n) is 11.5. The fourth-order valence-electron chi connectivity index (χ4n) is 2.78. The molecular weight excluding hydrogens is 240 g/mol. The number of carbonyl (C=O) groups is 1. The number of nitrogens with zero attached hydrogens (tertiary/aromatic N) is 3. The van der Waals surface area contributed by atoms with Gasteiger partial charge < -0.3 is 14.8 Å². The Bertz CT molecular complexity index is 446. The van der Waals surface area contributed by atoms with E-state index >= 15 is 0 Å². The van der Waals surface area contributed by atoms with Crippen LogP contribution < -0.4 is 5.32 Å². The molecule has 5 heteroatoms. The van der Waals surface area contributed by atoms with E-state index in [1.807, 2.05) is 17.8 Å². The van der Waals surface area contributed by atoms with Gasteiger partial charge in [0.1, 0.15) is 5.82 Å². The maximum atomic E-state index is 12.7. The van der Waals surface area contributed by atoms with Gasteiger partial charge in [0.2, 0.25) is 5.91 Å². The van der Waals surface area contributed by atoms with E-state index in [9.17, 15) is 4.79 Å². The molecule has 1 aromatic heterocycles. The van der Waals surface area contributed by atoms with Gasteiger partial charge in [-0.25, -0.2) is 4.98 Å². The molecule has 1 aliphatic heterocycles. The number of amides is 1. The van der Waals surface area contributed by atoms with Crippen molar-refractivity contribution in [3.8, 4) is 0 Å². The Kier molecular flexibility index (Phi) is 3.55. The number of aryl methyl sites for hydroxylation is 1. The zero-order valence-corrected chi connectivity index (χ0v) is 11.5. The molecule has 3 rings (SSSR count). The van der Waals surface area contributed by atoms with Gasteiger partial charge in [0, 0.05) is 31.4 Å². The predicted octanol–water partition coefficient (Wildman–Crippen LogP) is 0.911. The molecule has 2 aliphatic rings. The van der Waals surface area contributed by atoms with Gasteiger partial charge in [-0.05, 0) is 38.8 Å². The quantitative estimate of drug-likeness (QED) is 0.877. The van der Waals surface area contributed by atoms with Gasteiger partial charge in [0.25, 0.3) is 0 Å². The van der Waals surface area contributed by atoms with Crippen molar-refractivity contribution in [2.75, 3.05) is 13.1 Å². The molecule has 5 nitrogen and oxygen atoms in total. The van der Waals surface area contributed by atoms with E-state index in [2.05, 4.69) is 15.2 Å². The third-order valence-corrected chi connectivity index (χ3v) is 4.19. The molecule has 1 N–H and O–H groups in total. The molecule has 0 unspecified atom stereocenters. The molecule has 1 aliphatic carbocycles. The Hall–Kier alpha value is -1.36. The summed E-state index contributed by atoms with van der Waals surface area (Å²) in [5.41, 5.74) is 0.